The summed E-state index contributed by atoms with van der Waals surface area (Å²) in [5, 5.41) is 5.51. The first-order valence-corrected chi connectivity index (χ1v) is 9.35. The molecule has 0 bridgehead atoms. The van der Waals surface area contributed by atoms with Gasteiger partial charge in [0.05, 0.1) is 16.6 Å². The molecule has 1 atom stereocenters. The second-order valence-electron chi connectivity index (χ2n) is 6.01. The van der Waals surface area contributed by atoms with Crippen LogP contribution in [0.3, 0.4) is 0 Å². The molecule has 1 aliphatic heterocycles. The molecule has 5 rings (SSSR count). The van der Waals surface area contributed by atoms with E-state index in [1.54, 1.807) is 11.8 Å². The molecule has 0 fully saturated rings. The van der Waals surface area contributed by atoms with Gasteiger partial charge in [0, 0.05) is 15.3 Å². The van der Waals surface area contributed by atoms with Crippen molar-refractivity contribution in [2.45, 2.75) is 10.1 Å². The maximum absolute atomic E-state index is 6.28. The summed E-state index contributed by atoms with van der Waals surface area (Å²) in [5.41, 5.74) is 4.23. The number of anilines is 2. The van der Waals surface area contributed by atoms with Crippen LogP contribution in [0.25, 0.3) is 11.0 Å². The summed E-state index contributed by atoms with van der Waals surface area (Å²) in [7, 11) is 0. The van der Waals surface area contributed by atoms with E-state index in [9.17, 15) is 0 Å². The average Bonchev–Trinajstić information content (AvgIpc) is 2.92. The molecule has 122 valence electrons. The molecule has 1 aromatic heterocycles. The topological polar surface area (TPSA) is 25.2 Å². The lowest BCUT2D eigenvalue weighted by Gasteiger charge is -2.14. The number of hydrogen-bond donors (Lipinski definition) is 1. The van der Waals surface area contributed by atoms with Crippen LogP contribution < -0.4 is 5.32 Å². The summed E-state index contributed by atoms with van der Waals surface area (Å²) in [6.07, 6.45) is 0. The minimum absolute atomic E-state index is 0.0656. The van der Waals surface area contributed by atoms with Crippen LogP contribution in [0.5, 0.6) is 0 Å². The van der Waals surface area contributed by atoms with E-state index in [2.05, 4.69) is 47.8 Å². The number of rotatable bonds is 1. The van der Waals surface area contributed by atoms with Gasteiger partial charge in [0.1, 0.15) is 11.3 Å². The van der Waals surface area contributed by atoms with E-state index in [4.69, 9.17) is 16.0 Å². The fourth-order valence-electron chi connectivity index (χ4n) is 3.22. The van der Waals surface area contributed by atoms with Gasteiger partial charge in [0.2, 0.25) is 0 Å². The Balaban J connectivity index is 1.77. The highest BCUT2D eigenvalue weighted by Gasteiger charge is 2.29. The fourth-order valence-corrected chi connectivity index (χ4v) is 4.57. The monoisotopic (exact) mass is 363 g/mol. The van der Waals surface area contributed by atoms with Gasteiger partial charge in [-0.25, -0.2) is 0 Å². The van der Waals surface area contributed by atoms with E-state index in [1.165, 1.54) is 10.5 Å². The maximum Gasteiger partial charge on any atom is 0.146 e. The molecular weight excluding hydrogens is 350 g/mol. The standard InChI is InChI=1S/C21H14ClNOS/c22-14-11-9-13(10-12-14)21-20-19(15-5-1-3-7-17(15)24-20)23-16-6-2-4-8-18(16)25-21/h1-12,21,23H. The first-order chi connectivity index (χ1) is 12.3. The van der Waals surface area contributed by atoms with E-state index in [-0.39, 0.29) is 5.25 Å². The van der Waals surface area contributed by atoms with Crippen molar-refractivity contribution < 1.29 is 4.42 Å². The van der Waals surface area contributed by atoms with Crippen LogP contribution in [-0.4, -0.2) is 0 Å². The summed E-state index contributed by atoms with van der Waals surface area (Å²) in [6.45, 7) is 0. The van der Waals surface area contributed by atoms with Gasteiger partial charge in [0.25, 0.3) is 0 Å². The van der Waals surface area contributed by atoms with Crippen LogP contribution in [0.15, 0.2) is 82.1 Å². The normalized spacial score (nSPS) is 16.0. The van der Waals surface area contributed by atoms with Crippen molar-refractivity contribution in [2.75, 3.05) is 5.32 Å². The molecule has 0 saturated heterocycles. The Labute approximate surface area is 154 Å². The summed E-state index contributed by atoms with van der Waals surface area (Å²) in [5.74, 6) is 0.949. The van der Waals surface area contributed by atoms with Crippen molar-refractivity contribution in [3.05, 3.63) is 89.1 Å². The molecule has 1 unspecified atom stereocenters. The third kappa shape index (κ3) is 2.51. The van der Waals surface area contributed by atoms with Gasteiger partial charge in [-0.05, 0) is 42.0 Å². The van der Waals surface area contributed by atoms with E-state index in [0.717, 1.165) is 33.1 Å². The van der Waals surface area contributed by atoms with Gasteiger partial charge >= 0.3 is 0 Å². The predicted molar refractivity (Wildman–Crippen MR) is 105 cm³/mol. The summed E-state index contributed by atoms with van der Waals surface area (Å²) in [4.78, 5) is 1.21. The Bertz CT molecular complexity index is 1070. The van der Waals surface area contributed by atoms with Crippen molar-refractivity contribution in [1.82, 2.24) is 0 Å². The second kappa shape index (κ2) is 5.87. The third-order valence-corrected chi connectivity index (χ3v) is 6.01. The molecule has 0 radical (unpaired) electrons. The molecule has 1 N–H and O–H groups in total. The lowest BCUT2D eigenvalue weighted by atomic mass is 10.1. The molecule has 3 aromatic carbocycles. The first kappa shape index (κ1) is 14.9. The highest BCUT2D eigenvalue weighted by molar-refractivity contribution is 8.00. The van der Waals surface area contributed by atoms with Crippen LogP contribution in [0.1, 0.15) is 16.6 Å². The van der Waals surface area contributed by atoms with Gasteiger partial charge in [-0.2, -0.15) is 0 Å². The van der Waals surface area contributed by atoms with Crippen LogP contribution in [0.4, 0.5) is 11.4 Å². The van der Waals surface area contributed by atoms with Gasteiger partial charge in [-0.3, -0.25) is 0 Å². The number of furan rings is 1. The zero-order valence-electron chi connectivity index (χ0n) is 13.2. The second-order valence-corrected chi connectivity index (χ2v) is 7.59. The first-order valence-electron chi connectivity index (χ1n) is 8.09. The van der Waals surface area contributed by atoms with Crippen molar-refractivity contribution in [3.8, 4) is 0 Å². The fraction of sp³-hybridized carbons (Fsp3) is 0.0476. The molecular formula is C21H14ClNOS. The molecule has 4 aromatic rings. The highest BCUT2D eigenvalue weighted by atomic mass is 35.5. The van der Waals surface area contributed by atoms with Crippen LogP contribution in [-0.2, 0) is 0 Å². The Hall–Kier alpha value is -2.36. The molecule has 0 saturated carbocycles. The van der Waals surface area contributed by atoms with E-state index < -0.39 is 0 Å². The summed E-state index contributed by atoms with van der Waals surface area (Å²) < 4.78 is 6.28. The lowest BCUT2D eigenvalue weighted by Crippen LogP contribution is -1.95. The van der Waals surface area contributed by atoms with Crippen molar-refractivity contribution in [1.29, 1.82) is 0 Å². The number of hydrogen-bond acceptors (Lipinski definition) is 3. The zero-order valence-corrected chi connectivity index (χ0v) is 14.8. The van der Waals surface area contributed by atoms with Crippen LogP contribution >= 0.6 is 23.4 Å². The molecule has 0 amide bonds. The largest absolute Gasteiger partial charge is 0.457 e. The minimum atomic E-state index is 0.0656. The smallest absolute Gasteiger partial charge is 0.146 e. The van der Waals surface area contributed by atoms with Crippen molar-refractivity contribution >= 4 is 45.7 Å². The van der Waals surface area contributed by atoms with Gasteiger partial charge in [-0.1, -0.05) is 48.0 Å². The predicted octanol–water partition coefficient (Wildman–Crippen LogP) is 7.02. The highest BCUT2D eigenvalue weighted by Crippen LogP contribution is 2.52. The number of thioether (sulfide) groups is 1. The SMILES string of the molecule is Clc1ccc(C2Sc3ccccc3Nc3c2oc2ccccc32)cc1. The Morgan fingerprint density at radius 2 is 1.64 bits per heavy atom. The van der Waals surface area contributed by atoms with Gasteiger partial charge in [-0.15, -0.1) is 11.8 Å². The number of fused-ring (bicyclic) bond motifs is 4. The number of halogens is 1. The number of para-hydroxylation sites is 2. The Kier molecular flexibility index (Phi) is 3.51. The molecule has 1 aliphatic rings. The van der Waals surface area contributed by atoms with Gasteiger partial charge in [0.15, 0.2) is 0 Å². The Morgan fingerprint density at radius 3 is 2.52 bits per heavy atom. The molecule has 4 heteroatoms. The van der Waals surface area contributed by atoms with Gasteiger partial charge < -0.3 is 9.73 Å². The van der Waals surface area contributed by atoms with Crippen LogP contribution in [0, 0.1) is 0 Å². The summed E-state index contributed by atoms with van der Waals surface area (Å²) >= 11 is 7.88. The summed E-state index contributed by atoms with van der Waals surface area (Å²) in [6, 6.07) is 24.6. The van der Waals surface area contributed by atoms with E-state index >= 15 is 0 Å². The van der Waals surface area contributed by atoms with Crippen molar-refractivity contribution in [3.63, 3.8) is 0 Å². The van der Waals surface area contributed by atoms with Crippen molar-refractivity contribution in [2.24, 2.45) is 0 Å². The Morgan fingerprint density at radius 1 is 0.880 bits per heavy atom. The number of nitrogens with one attached hydrogen (secondary N) is 1. The molecule has 25 heavy (non-hydrogen) atoms. The molecule has 0 spiro atoms. The van der Waals surface area contributed by atoms with E-state index in [0.29, 0.717) is 0 Å². The third-order valence-electron chi connectivity index (χ3n) is 4.43. The lowest BCUT2D eigenvalue weighted by molar-refractivity contribution is 0.562. The average molecular weight is 364 g/mol. The van der Waals surface area contributed by atoms with E-state index in [1.807, 2.05) is 30.3 Å². The zero-order chi connectivity index (χ0) is 16.8. The minimum Gasteiger partial charge on any atom is -0.457 e. The quantitative estimate of drug-likeness (QED) is 0.393. The van der Waals surface area contributed by atoms with Crippen LogP contribution in [0.2, 0.25) is 5.02 Å². The maximum atomic E-state index is 6.28. The molecule has 0 aliphatic carbocycles. The number of benzene rings is 3. The molecule has 2 heterocycles. The molecule has 2 nitrogen and oxygen atoms in total.